The SMILES string of the molecule is C=CC=N/C=C(/C)CC.CC. The molecule has 0 fully saturated rings. The van der Waals surface area contributed by atoms with E-state index in [1.54, 1.807) is 12.3 Å². The minimum Gasteiger partial charge on any atom is -0.265 e. The molecule has 0 N–H and O–H groups in total. The predicted octanol–water partition coefficient (Wildman–Crippen LogP) is 3.58. The summed E-state index contributed by atoms with van der Waals surface area (Å²) in [6, 6.07) is 0. The lowest BCUT2D eigenvalue weighted by atomic mass is 10.3. The molecule has 0 unspecified atom stereocenters. The summed E-state index contributed by atoms with van der Waals surface area (Å²) >= 11 is 0. The average Bonchev–Trinajstić information content (AvgIpc) is 2.08. The van der Waals surface area contributed by atoms with Crippen molar-refractivity contribution in [2.24, 2.45) is 4.99 Å². The first kappa shape index (κ1) is 12.8. The van der Waals surface area contributed by atoms with Crippen molar-refractivity contribution in [1.29, 1.82) is 0 Å². The van der Waals surface area contributed by atoms with Crippen LogP contribution in [-0.2, 0) is 0 Å². The number of hydrogen-bond acceptors (Lipinski definition) is 1. The lowest BCUT2D eigenvalue weighted by Gasteiger charge is -1.86. The maximum atomic E-state index is 3.96. The highest BCUT2D eigenvalue weighted by Crippen LogP contribution is 1.96. The van der Waals surface area contributed by atoms with Gasteiger partial charge in [0, 0.05) is 12.4 Å². The molecule has 0 amide bonds. The number of nitrogens with zero attached hydrogens (tertiary/aromatic N) is 1. The van der Waals surface area contributed by atoms with E-state index in [0.717, 1.165) is 6.42 Å². The van der Waals surface area contributed by atoms with Gasteiger partial charge in [-0.1, -0.05) is 39.0 Å². The monoisotopic (exact) mass is 153 g/mol. The summed E-state index contributed by atoms with van der Waals surface area (Å²) in [6.07, 6.45) is 6.26. The van der Waals surface area contributed by atoms with Crippen molar-refractivity contribution in [1.82, 2.24) is 0 Å². The zero-order valence-corrected chi connectivity index (χ0v) is 8.09. The van der Waals surface area contributed by atoms with Gasteiger partial charge in [0.15, 0.2) is 0 Å². The lowest BCUT2D eigenvalue weighted by molar-refractivity contribution is 1.09. The smallest absolute Gasteiger partial charge is 0.0261 e. The second-order valence-electron chi connectivity index (χ2n) is 1.86. The average molecular weight is 153 g/mol. The summed E-state index contributed by atoms with van der Waals surface area (Å²) in [6.45, 7) is 11.7. The first-order chi connectivity index (χ1) is 5.31. The van der Waals surface area contributed by atoms with Crippen LogP contribution in [0.25, 0.3) is 0 Å². The normalized spacial score (nSPS) is 10.7. The van der Waals surface area contributed by atoms with Gasteiger partial charge in [-0.2, -0.15) is 0 Å². The molecule has 0 aliphatic heterocycles. The van der Waals surface area contributed by atoms with Gasteiger partial charge in [-0.25, -0.2) is 0 Å². The molecule has 0 aliphatic rings. The maximum absolute atomic E-state index is 3.96. The minimum atomic E-state index is 1.06. The van der Waals surface area contributed by atoms with E-state index < -0.39 is 0 Å². The number of rotatable bonds is 3. The molecular formula is C10H19N. The van der Waals surface area contributed by atoms with Gasteiger partial charge in [0.25, 0.3) is 0 Å². The van der Waals surface area contributed by atoms with Crippen LogP contribution in [0.2, 0.25) is 0 Å². The van der Waals surface area contributed by atoms with Crippen molar-refractivity contribution in [3.05, 3.63) is 24.4 Å². The predicted molar refractivity (Wildman–Crippen MR) is 54.1 cm³/mol. The van der Waals surface area contributed by atoms with Gasteiger partial charge in [0.1, 0.15) is 0 Å². The molecule has 0 atom stereocenters. The van der Waals surface area contributed by atoms with Crippen LogP contribution in [0.15, 0.2) is 29.4 Å². The topological polar surface area (TPSA) is 12.4 Å². The molecule has 0 rings (SSSR count). The molecule has 0 aliphatic carbocycles. The Labute approximate surface area is 70.5 Å². The first-order valence-corrected chi connectivity index (χ1v) is 4.11. The summed E-state index contributed by atoms with van der Waals surface area (Å²) in [5, 5.41) is 0. The van der Waals surface area contributed by atoms with Crippen LogP contribution in [0.4, 0.5) is 0 Å². The van der Waals surface area contributed by atoms with E-state index in [4.69, 9.17) is 0 Å². The number of aliphatic imine (C=N–C) groups is 1. The van der Waals surface area contributed by atoms with Gasteiger partial charge >= 0.3 is 0 Å². The Morgan fingerprint density at radius 1 is 1.45 bits per heavy atom. The van der Waals surface area contributed by atoms with E-state index in [1.165, 1.54) is 5.57 Å². The second-order valence-corrected chi connectivity index (χ2v) is 1.86. The Kier molecular flexibility index (Phi) is 13.8. The van der Waals surface area contributed by atoms with Crippen molar-refractivity contribution in [3.8, 4) is 0 Å². The highest BCUT2D eigenvalue weighted by Gasteiger charge is 1.76. The number of hydrogen-bond donors (Lipinski definition) is 0. The van der Waals surface area contributed by atoms with Crippen LogP contribution in [0.5, 0.6) is 0 Å². The molecule has 64 valence electrons. The fourth-order valence-electron chi connectivity index (χ4n) is 0.322. The van der Waals surface area contributed by atoms with Crippen LogP contribution in [0.1, 0.15) is 34.1 Å². The first-order valence-electron chi connectivity index (χ1n) is 4.11. The Morgan fingerprint density at radius 3 is 2.36 bits per heavy atom. The van der Waals surface area contributed by atoms with Gasteiger partial charge in [0.2, 0.25) is 0 Å². The second kappa shape index (κ2) is 11.9. The zero-order chi connectivity index (χ0) is 9.11. The summed E-state index contributed by atoms with van der Waals surface area (Å²) in [4.78, 5) is 3.96. The van der Waals surface area contributed by atoms with Crippen molar-refractivity contribution < 1.29 is 0 Å². The molecule has 0 radical (unpaired) electrons. The van der Waals surface area contributed by atoms with E-state index >= 15 is 0 Å². The molecule has 0 aromatic carbocycles. The largest absolute Gasteiger partial charge is 0.265 e. The van der Waals surface area contributed by atoms with Crippen LogP contribution in [0.3, 0.4) is 0 Å². The van der Waals surface area contributed by atoms with Gasteiger partial charge in [-0.05, 0) is 13.3 Å². The Bertz CT molecular complexity index is 132. The van der Waals surface area contributed by atoms with Crippen LogP contribution in [0, 0.1) is 0 Å². The molecule has 1 heteroatoms. The third kappa shape index (κ3) is 12.4. The highest BCUT2D eigenvalue weighted by atomic mass is 14.7. The molecule has 1 nitrogen and oxygen atoms in total. The standard InChI is InChI=1S/C8H13N.C2H6/c1-4-6-9-7-8(3)5-2;1-2/h4,6-7H,1,5H2,2-3H3;1-2H3/b8-7-,9-6?;. The third-order valence-corrected chi connectivity index (χ3v) is 1.04. The molecular weight excluding hydrogens is 134 g/mol. The Balaban J connectivity index is 0. The van der Waals surface area contributed by atoms with Crippen molar-refractivity contribution >= 4 is 6.21 Å². The molecule has 0 bridgehead atoms. The fraction of sp³-hybridized carbons (Fsp3) is 0.500. The van der Waals surface area contributed by atoms with Gasteiger partial charge in [-0.15, -0.1) is 0 Å². The molecule has 0 saturated carbocycles. The molecule has 11 heavy (non-hydrogen) atoms. The van der Waals surface area contributed by atoms with Crippen LogP contribution in [-0.4, -0.2) is 6.21 Å². The van der Waals surface area contributed by atoms with E-state index in [-0.39, 0.29) is 0 Å². The fourth-order valence-corrected chi connectivity index (χ4v) is 0.322. The zero-order valence-electron chi connectivity index (χ0n) is 8.09. The van der Waals surface area contributed by atoms with Crippen LogP contribution >= 0.6 is 0 Å². The lowest BCUT2D eigenvalue weighted by Crippen LogP contribution is -1.68. The molecule has 0 saturated heterocycles. The van der Waals surface area contributed by atoms with E-state index in [9.17, 15) is 0 Å². The number of allylic oxidation sites excluding steroid dienone is 2. The van der Waals surface area contributed by atoms with Crippen molar-refractivity contribution in [3.63, 3.8) is 0 Å². The third-order valence-electron chi connectivity index (χ3n) is 1.04. The summed E-state index contributed by atoms with van der Waals surface area (Å²) < 4.78 is 0. The van der Waals surface area contributed by atoms with Crippen LogP contribution < -0.4 is 0 Å². The van der Waals surface area contributed by atoms with Gasteiger partial charge in [0.05, 0.1) is 0 Å². The molecule has 0 aromatic rings. The van der Waals surface area contributed by atoms with Crippen molar-refractivity contribution in [2.45, 2.75) is 34.1 Å². The van der Waals surface area contributed by atoms with E-state index in [1.807, 2.05) is 20.0 Å². The molecule has 0 heterocycles. The Hall–Kier alpha value is -0.850. The minimum absolute atomic E-state index is 1.06. The summed E-state index contributed by atoms with van der Waals surface area (Å²) in [5.41, 5.74) is 1.29. The summed E-state index contributed by atoms with van der Waals surface area (Å²) in [7, 11) is 0. The Morgan fingerprint density at radius 2 is 2.00 bits per heavy atom. The molecule has 0 aromatic heterocycles. The molecule has 0 spiro atoms. The maximum Gasteiger partial charge on any atom is 0.0261 e. The van der Waals surface area contributed by atoms with Gasteiger partial charge in [-0.3, -0.25) is 4.99 Å². The quantitative estimate of drug-likeness (QED) is 0.549. The van der Waals surface area contributed by atoms with Crippen molar-refractivity contribution in [2.75, 3.05) is 0 Å². The van der Waals surface area contributed by atoms with E-state index in [0.29, 0.717) is 0 Å². The summed E-state index contributed by atoms with van der Waals surface area (Å²) in [5.74, 6) is 0. The van der Waals surface area contributed by atoms with Gasteiger partial charge < -0.3 is 0 Å². The van der Waals surface area contributed by atoms with E-state index in [2.05, 4.69) is 25.4 Å². The highest BCUT2D eigenvalue weighted by molar-refractivity contribution is 5.70.